The van der Waals surface area contributed by atoms with E-state index in [1.807, 2.05) is 6.92 Å². The summed E-state index contributed by atoms with van der Waals surface area (Å²) in [6.45, 7) is 6.21. The molecule has 0 fully saturated rings. The number of carbonyl (C=O) groups is 1. The Kier molecular flexibility index (Phi) is 2.70. The molecule has 13 heavy (non-hydrogen) atoms. The molecular formula is C9H13N2O2-. The van der Waals surface area contributed by atoms with Crippen LogP contribution in [0.4, 0.5) is 0 Å². The molecule has 0 amide bonds. The summed E-state index contributed by atoms with van der Waals surface area (Å²) in [6, 6.07) is 0. The Morgan fingerprint density at radius 2 is 2.15 bits per heavy atom. The molecule has 0 N–H and O–H groups in total. The highest BCUT2D eigenvalue weighted by Crippen LogP contribution is 2.11. The molecule has 0 saturated heterocycles. The van der Waals surface area contributed by atoms with E-state index in [-0.39, 0.29) is 5.56 Å². The lowest BCUT2D eigenvalue weighted by Crippen LogP contribution is -2.23. The van der Waals surface area contributed by atoms with E-state index in [0.29, 0.717) is 11.4 Å². The highest BCUT2D eigenvalue weighted by atomic mass is 16.4. The highest BCUT2D eigenvalue weighted by Gasteiger charge is 2.10. The van der Waals surface area contributed by atoms with E-state index in [1.165, 1.54) is 0 Å². The van der Waals surface area contributed by atoms with Crippen LogP contribution in [0.2, 0.25) is 0 Å². The minimum atomic E-state index is -1.14. The van der Waals surface area contributed by atoms with E-state index in [0.717, 1.165) is 13.0 Å². The zero-order valence-corrected chi connectivity index (χ0v) is 8.13. The molecule has 0 saturated carbocycles. The van der Waals surface area contributed by atoms with E-state index in [1.54, 1.807) is 18.5 Å². The molecular weight excluding hydrogens is 168 g/mol. The Hall–Kier alpha value is -1.32. The third-order valence-electron chi connectivity index (χ3n) is 2.02. The SMILES string of the molecule is CCCn1nc(C)c(C(=O)[O-])c1C. The molecule has 0 bridgehead atoms. The predicted octanol–water partition coefficient (Wildman–Crippen LogP) is 0.273. The maximum atomic E-state index is 10.7. The van der Waals surface area contributed by atoms with Gasteiger partial charge in [-0.05, 0) is 20.3 Å². The van der Waals surface area contributed by atoms with Crippen molar-refractivity contribution in [3.8, 4) is 0 Å². The third-order valence-corrected chi connectivity index (χ3v) is 2.02. The Balaban J connectivity index is 3.14. The third kappa shape index (κ3) is 1.71. The second-order valence-corrected chi connectivity index (χ2v) is 3.06. The molecule has 0 radical (unpaired) electrons. The highest BCUT2D eigenvalue weighted by molar-refractivity contribution is 5.88. The largest absolute Gasteiger partial charge is 0.545 e. The molecule has 4 heteroatoms. The number of aromatic nitrogens is 2. The second-order valence-electron chi connectivity index (χ2n) is 3.06. The molecule has 1 aromatic heterocycles. The molecule has 0 atom stereocenters. The topological polar surface area (TPSA) is 58.0 Å². The van der Waals surface area contributed by atoms with Gasteiger partial charge >= 0.3 is 0 Å². The maximum Gasteiger partial charge on any atom is 0.0752 e. The number of nitrogens with zero attached hydrogens (tertiary/aromatic N) is 2. The average Bonchev–Trinajstić information content (AvgIpc) is 2.28. The van der Waals surface area contributed by atoms with Crippen molar-refractivity contribution in [1.82, 2.24) is 9.78 Å². The minimum absolute atomic E-state index is 0.230. The Morgan fingerprint density at radius 3 is 2.54 bits per heavy atom. The van der Waals surface area contributed by atoms with E-state index < -0.39 is 5.97 Å². The van der Waals surface area contributed by atoms with Gasteiger partial charge in [0.2, 0.25) is 0 Å². The van der Waals surface area contributed by atoms with Gasteiger partial charge in [0, 0.05) is 17.8 Å². The van der Waals surface area contributed by atoms with Crippen LogP contribution in [0.1, 0.15) is 35.1 Å². The van der Waals surface area contributed by atoms with Crippen LogP contribution in [0, 0.1) is 13.8 Å². The van der Waals surface area contributed by atoms with Crippen molar-refractivity contribution in [3.63, 3.8) is 0 Å². The quantitative estimate of drug-likeness (QED) is 0.672. The summed E-state index contributed by atoms with van der Waals surface area (Å²) in [7, 11) is 0. The lowest BCUT2D eigenvalue weighted by Gasteiger charge is -2.03. The van der Waals surface area contributed by atoms with Crippen LogP contribution in [0.3, 0.4) is 0 Å². The second kappa shape index (κ2) is 3.60. The molecule has 72 valence electrons. The van der Waals surface area contributed by atoms with Gasteiger partial charge in [-0.3, -0.25) is 4.68 Å². The van der Waals surface area contributed by atoms with Crippen molar-refractivity contribution >= 4 is 5.97 Å². The molecule has 1 aromatic rings. The van der Waals surface area contributed by atoms with Crippen molar-refractivity contribution in [2.24, 2.45) is 0 Å². The van der Waals surface area contributed by atoms with E-state index in [4.69, 9.17) is 0 Å². The van der Waals surface area contributed by atoms with Crippen LogP contribution in [-0.2, 0) is 6.54 Å². The van der Waals surface area contributed by atoms with Crippen molar-refractivity contribution < 1.29 is 9.90 Å². The smallest absolute Gasteiger partial charge is 0.0752 e. The number of carboxylic acids is 1. The molecule has 0 unspecified atom stereocenters. The van der Waals surface area contributed by atoms with Crippen LogP contribution in [0.25, 0.3) is 0 Å². The first-order valence-electron chi connectivity index (χ1n) is 4.33. The fraction of sp³-hybridized carbons (Fsp3) is 0.556. The zero-order chi connectivity index (χ0) is 10.0. The zero-order valence-electron chi connectivity index (χ0n) is 8.13. The first kappa shape index (κ1) is 9.77. The lowest BCUT2D eigenvalue weighted by atomic mass is 10.2. The summed E-state index contributed by atoms with van der Waals surface area (Å²) >= 11 is 0. The first-order valence-corrected chi connectivity index (χ1v) is 4.33. The molecule has 0 aliphatic heterocycles. The molecule has 0 aliphatic carbocycles. The monoisotopic (exact) mass is 181 g/mol. The van der Waals surface area contributed by atoms with Gasteiger partial charge in [0.1, 0.15) is 0 Å². The number of carbonyl (C=O) groups excluding carboxylic acids is 1. The number of aromatic carboxylic acids is 1. The van der Waals surface area contributed by atoms with Gasteiger partial charge in [-0.25, -0.2) is 0 Å². The number of hydrogen-bond donors (Lipinski definition) is 0. The fourth-order valence-electron chi connectivity index (χ4n) is 1.42. The van der Waals surface area contributed by atoms with E-state index in [9.17, 15) is 9.90 Å². The summed E-state index contributed by atoms with van der Waals surface area (Å²) in [5, 5.41) is 14.8. The van der Waals surface area contributed by atoms with Gasteiger partial charge in [0.05, 0.1) is 11.7 Å². The molecule has 1 heterocycles. The minimum Gasteiger partial charge on any atom is -0.545 e. The van der Waals surface area contributed by atoms with Gasteiger partial charge in [-0.15, -0.1) is 0 Å². The van der Waals surface area contributed by atoms with Crippen LogP contribution in [-0.4, -0.2) is 15.7 Å². The van der Waals surface area contributed by atoms with Gasteiger partial charge in [-0.2, -0.15) is 5.10 Å². The van der Waals surface area contributed by atoms with E-state index in [2.05, 4.69) is 5.10 Å². The maximum absolute atomic E-state index is 10.7. The van der Waals surface area contributed by atoms with E-state index >= 15 is 0 Å². The van der Waals surface area contributed by atoms with Crippen molar-refractivity contribution in [2.45, 2.75) is 33.7 Å². The fourth-order valence-corrected chi connectivity index (χ4v) is 1.42. The van der Waals surface area contributed by atoms with Crippen LogP contribution >= 0.6 is 0 Å². The first-order chi connectivity index (χ1) is 6.07. The molecule has 0 aromatic carbocycles. The van der Waals surface area contributed by atoms with Crippen LogP contribution < -0.4 is 5.11 Å². The van der Waals surface area contributed by atoms with Gasteiger partial charge in [0.15, 0.2) is 0 Å². The molecule has 0 aliphatic rings. The van der Waals surface area contributed by atoms with Crippen LogP contribution in [0.5, 0.6) is 0 Å². The summed E-state index contributed by atoms with van der Waals surface area (Å²) in [5.41, 5.74) is 1.44. The number of aryl methyl sites for hydroxylation is 2. The summed E-state index contributed by atoms with van der Waals surface area (Å²) in [4.78, 5) is 10.7. The molecule has 4 nitrogen and oxygen atoms in total. The number of rotatable bonds is 3. The Morgan fingerprint density at radius 1 is 1.54 bits per heavy atom. The van der Waals surface area contributed by atoms with Gasteiger partial charge in [-0.1, -0.05) is 6.92 Å². The predicted molar refractivity (Wildman–Crippen MR) is 46.3 cm³/mol. The van der Waals surface area contributed by atoms with Crippen LogP contribution in [0.15, 0.2) is 0 Å². The number of carboxylic acid groups (broad SMARTS) is 1. The van der Waals surface area contributed by atoms with Gasteiger partial charge in [0.25, 0.3) is 0 Å². The Labute approximate surface area is 77.2 Å². The molecule has 0 spiro atoms. The summed E-state index contributed by atoms with van der Waals surface area (Å²) in [6.07, 6.45) is 0.939. The van der Waals surface area contributed by atoms with Crippen molar-refractivity contribution in [2.75, 3.05) is 0 Å². The van der Waals surface area contributed by atoms with Gasteiger partial charge < -0.3 is 9.90 Å². The summed E-state index contributed by atoms with van der Waals surface area (Å²) < 4.78 is 1.71. The Bertz CT molecular complexity index is 329. The number of hydrogen-bond acceptors (Lipinski definition) is 3. The average molecular weight is 181 g/mol. The lowest BCUT2D eigenvalue weighted by molar-refractivity contribution is -0.255. The van der Waals surface area contributed by atoms with Crippen molar-refractivity contribution in [3.05, 3.63) is 17.0 Å². The normalized spacial score (nSPS) is 10.4. The van der Waals surface area contributed by atoms with Crippen molar-refractivity contribution in [1.29, 1.82) is 0 Å². The standard InChI is InChI=1S/C9H14N2O2/c1-4-5-11-7(3)8(9(12)13)6(2)10-11/h4-5H2,1-3H3,(H,12,13)/p-1. The molecule has 1 rings (SSSR count). The summed E-state index contributed by atoms with van der Waals surface area (Å²) in [5.74, 6) is -1.14.